The van der Waals surface area contributed by atoms with Gasteiger partial charge in [-0.15, -0.1) is 0 Å². The highest BCUT2D eigenvalue weighted by Gasteiger charge is 2.53. The third-order valence-electron chi connectivity index (χ3n) is 6.91. The molecular weight excluding hydrogens is 482 g/mol. The minimum Gasteiger partial charge on any atom is -0.455 e. The zero-order valence-electron chi connectivity index (χ0n) is 20.8. The number of aryl methyl sites for hydroxylation is 1. The number of carbonyl (C=O) groups is 2. The van der Waals surface area contributed by atoms with Crippen molar-refractivity contribution in [3.8, 4) is 11.5 Å². The van der Waals surface area contributed by atoms with E-state index < -0.39 is 17.4 Å². The number of alkyl halides is 2. The average Bonchev–Trinajstić information content (AvgIpc) is 3.21. The van der Waals surface area contributed by atoms with Crippen molar-refractivity contribution in [1.82, 2.24) is 20.2 Å². The summed E-state index contributed by atoms with van der Waals surface area (Å²) < 4.78 is 33.3. The smallest absolute Gasteiger partial charge is 0.329 e. The number of halogens is 2. The molecule has 4 rings (SSSR count). The summed E-state index contributed by atoms with van der Waals surface area (Å²) in [6.45, 7) is 2.09. The van der Waals surface area contributed by atoms with E-state index in [0.717, 1.165) is 4.90 Å². The highest BCUT2D eigenvalue weighted by molar-refractivity contribution is 6.07. The number of anilines is 1. The minimum atomic E-state index is -2.74. The molecule has 1 saturated heterocycles. The number of allylic oxidation sites excluding steroid dienone is 1. The summed E-state index contributed by atoms with van der Waals surface area (Å²) in [6, 6.07) is 6.04. The molecule has 1 aliphatic carbocycles. The molecule has 1 aliphatic heterocycles. The lowest BCUT2D eigenvalue weighted by atomic mass is 9.72. The summed E-state index contributed by atoms with van der Waals surface area (Å²) in [5.41, 5.74) is 0.863. The highest BCUT2D eigenvalue weighted by atomic mass is 19.3. The van der Waals surface area contributed by atoms with Crippen molar-refractivity contribution in [1.29, 1.82) is 5.41 Å². The van der Waals surface area contributed by atoms with Crippen LogP contribution in [-0.2, 0) is 11.2 Å². The fourth-order valence-electron chi connectivity index (χ4n) is 4.76. The third kappa shape index (κ3) is 5.60. The van der Waals surface area contributed by atoms with Crippen LogP contribution in [0, 0.1) is 10.8 Å². The van der Waals surface area contributed by atoms with Crippen LogP contribution in [0.25, 0.3) is 5.57 Å². The van der Waals surface area contributed by atoms with Crippen LogP contribution in [0.3, 0.4) is 0 Å². The van der Waals surface area contributed by atoms with E-state index >= 15 is 0 Å². The number of hydrogen-bond donors (Lipinski definition) is 3. The molecular formula is C26H30F2N6O3. The van der Waals surface area contributed by atoms with Crippen LogP contribution in [0.4, 0.5) is 19.4 Å². The first-order valence-corrected chi connectivity index (χ1v) is 12.2. The molecule has 1 saturated carbocycles. The van der Waals surface area contributed by atoms with E-state index in [4.69, 9.17) is 10.1 Å². The number of ether oxygens (including phenoxy) is 1. The zero-order chi connectivity index (χ0) is 26.6. The zero-order valence-corrected chi connectivity index (χ0v) is 20.8. The Morgan fingerprint density at radius 2 is 1.97 bits per heavy atom. The number of nitrogens with zero attached hydrogens (tertiary/aromatic N) is 3. The van der Waals surface area contributed by atoms with Crippen molar-refractivity contribution in [2.45, 2.75) is 51.4 Å². The van der Waals surface area contributed by atoms with Gasteiger partial charge in [-0.05, 0) is 43.9 Å². The second-order valence-corrected chi connectivity index (χ2v) is 9.28. The van der Waals surface area contributed by atoms with Gasteiger partial charge in [0, 0.05) is 56.7 Å². The standard InChI is InChI=1S/C26H30F2N6O3/c1-3-19-21(37-18-6-12-31-20(14-18)17(15-29)16-30-2)4-5-22(32-19)33-24(36)34-13-11-25(23(34)35)7-9-26(27,28)10-8-25/h4-6,12,14-16,29-30H,3,7-11,13H2,1-2H3,(H,32,33,36)/b17-16+,29-15?. The number of amides is 3. The monoisotopic (exact) mass is 512 g/mol. The second-order valence-electron chi connectivity index (χ2n) is 9.28. The average molecular weight is 513 g/mol. The Kier molecular flexibility index (Phi) is 7.51. The van der Waals surface area contributed by atoms with Crippen LogP contribution in [0.5, 0.6) is 11.5 Å². The fraction of sp³-hybridized carbons (Fsp3) is 0.423. The maximum absolute atomic E-state index is 13.6. The summed E-state index contributed by atoms with van der Waals surface area (Å²) >= 11 is 0. The van der Waals surface area contributed by atoms with Gasteiger partial charge >= 0.3 is 6.03 Å². The molecule has 3 N–H and O–H groups in total. The number of likely N-dealkylation sites (tertiary alicyclic amines) is 1. The predicted molar refractivity (Wildman–Crippen MR) is 135 cm³/mol. The van der Waals surface area contributed by atoms with E-state index in [1.807, 2.05) is 6.92 Å². The molecule has 1 spiro atoms. The molecule has 37 heavy (non-hydrogen) atoms. The molecule has 0 unspecified atom stereocenters. The fourth-order valence-corrected chi connectivity index (χ4v) is 4.76. The highest BCUT2D eigenvalue weighted by Crippen LogP contribution is 2.49. The Bertz CT molecular complexity index is 1220. The van der Waals surface area contributed by atoms with Gasteiger partial charge in [0.15, 0.2) is 0 Å². The lowest BCUT2D eigenvalue weighted by Gasteiger charge is -2.35. The molecule has 0 aromatic carbocycles. The molecule has 2 aromatic rings. The van der Waals surface area contributed by atoms with E-state index in [1.165, 1.54) is 6.21 Å². The number of urea groups is 1. The molecule has 11 heteroatoms. The molecule has 0 radical (unpaired) electrons. The number of imide groups is 1. The van der Waals surface area contributed by atoms with Gasteiger partial charge in [-0.3, -0.25) is 20.0 Å². The number of nitrogens with one attached hydrogen (secondary N) is 3. The lowest BCUT2D eigenvalue weighted by Crippen LogP contribution is -2.43. The Hall–Kier alpha value is -3.89. The molecule has 3 heterocycles. The van der Waals surface area contributed by atoms with Crippen LogP contribution in [-0.4, -0.2) is 52.5 Å². The quantitative estimate of drug-likeness (QED) is 0.449. The van der Waals surface area contributed by atoms with Crippen molar-refractivity contribution in [2.24, 2.45) is 5.41 Å². The van der Waals surface area contributed by atoms with Crippen molar-refractivity contribution < 1.29 is 23.1 Å². The van der Waals surface area contributed by atoms with Gasteiger partial charge in [0.1, 0.15) is 17.3 Å². The molecule has 2 fully saturated rings. The molecule has 2 aromatic heterocycles. The summed E-state index contributed by atoms with van der Waals surface area (Å²) in [5, 5.41) is 13.1. The van der Waals surface area contributed by atoms with Gasteiger partial charge in [0.2, 0.25) is 11.8 Å². The first-order valence-electron chi connectivity index (χ1n) is 12.2. The predicted octanol–water partition coefficient (Wildman–Crippen LogP) is 5.00. The minimum absolute atomic E-state index is 0.0929. The van der Waals surface area contributed by atoms with Gasteiger partial charge in [-0.1, -0.05) is 6.92 Å². The lowest BCUT2D eigenvalue weighted by molar-refractivity contribution is -0.140. The van der Waals surface area contributed by atoms with E-state index in [9.17, 15) is 18.4 Å². The maximum atomic E-state index is 13.6. The summed E-state index contributed by atoms with van der Waals surface area (Å²) in [6.07, 6.45) is 4.87. The normalized spacial score (nSPS) is 18.5. The number of carbonyl (C=O) groups excluding carboxylic acids is 2. The first kappa shape index (κ1) is 26.2. The Morgan fingerprint density at radius 3 is 2.65 bits per heavy atom. The molecule has 9 nitrogen and oxygen atoms in total. The van der Waals surface area contributed by atoms with E-state index in [1.54, 1.807) is 43.7 Å². The van der Waals surface area contributed by atoms with Crippen LogP contribution >= 0.6 is 0 Å². The number of hydrogen-bond acceptors (Lipinski definition) is 7. The van der Waals surface area contributed by atoms with Crippen LogP contribution in [0.15, 0.2) is 36.7 Å². The van der Waals surface area contributed by atoms with E-state index in [2.05, 4.69) is 20.6 Å². The van der Waals surface area contributed by atoms with Gasteiger partial charge in [-0.25, -0.2) is 18.6 Å². The summed E-state index contributed by atoms with van der Waals surface area (Å²) in [7, 11) is 1.73. The van der Waals surface area contributed by atoms with Gasteiger partial charge in [-0.2, -0.15) is 0 Å². The van der Waals surface area contributed by atoms with E-state index in [-0.39, 0.29) is 44.0 Å². The Balaban J connectivity index is 1.45. The van der Waals surface area contributed by atoms with Crippen LogP contribution in [0.2, 0.25) is 0 Å². The number of rotatable bonds is 7. The number of pyridine rings is 2. The SMILES string of the molecule is CCc1nc(NC(=O)N2CCC3(CCC(F)(F)CC3)C2=O)ccc1Oc1ccnc(/C(C=N)=C/NC)c1. The van der Waals surface area contributed by atoms with Crippen molar-refractivity contribution in [2.75, 3.05) is 18.9 Å². The number of aromatic nitrogens is 2. The Morgan fingerprint density at radius 1 is 1.22 bits per heavy atom. The van der Waals surface area contributed by atoms with Crippen molar-refractivity contribution in [3.63, 3.8) is 0 Å². The van der Waals surface area contributed by atoms with Crippen molar-refractivity contribution >= 4 is 29.5 Å². The van der Waals surface area contributed by atoms with Crippen LogP contribution in [0.1, 0.15) is 50.4 Å². The third-order valence-corrected chi connectivity index (χ3v) is 6.91. The van der Waals surface area contributed by atoms with Gasteiger partial charge < -0.3 is 15.5 Å². The topological polar surface area (TPSA) is 120 Å². The van der Waals surface area contributed by atoms with Crippen molar-refractivity contribution in [3.05, 3.63) is 48.1 Å². The largest absolute Gasteiger partial charge is 0.455 e. The maximum Gasteiger partial charge on any atom is 0.329 e. The van der Waals surface area contributed by atoms with Crippen LogP contribution < -0.4 is 15.4 Å². The molecule has 0 bridgehead atoms. The molecule has 2 aliphatic rings. The van der Waals surface area contributed by atoms with E-state index in [0.29, 0.717) is 41.3 Å². The molecule has 3 amide bonds. The summed E-state index contributed by atoms with van der Waals surface area (Å²) in [5.74, 6) is -1.87. The summed E-state index contributed by atoms with van der Waals surface area (Å²) in [4.78, 5) is 35.7. The van der Waals surface area contributed by atoms with Gasteiger partial charge in [0.25, 0.3) is 0 Å². The molecule has 0 atom stereocenters. The Labute approximate surface area is 213 Å². The second kappa shape index (κ2) is 10.6. The first-order chi connectivity index (χ1) is 17.7. The van der Waals surface area contributed by atoms with Gasteiger partial charge in [0.05, 0.1) is 16.8 Å². The molecule has 196 valence electrons.